The van der Waals surface area contributed by atoms with Crippen LogP contribution < -0.4 is 0 Å². The van der Waals surface area contributed by atoms with E-state index >= 15 is 0 Å². The van der Waals surface area contributed by atoms with Gasteiger partial charge < -0.3 is 4.90 Å². The number of allylic oxidation sites excluding steroid dienone is 2. The third kappa shape index (κ3) is 10.5. The van der Waals surface area contributed by atoms with Crippen LogP contribution in [0.1, 0.15) is 78.6 Å². The summed E-state index contributed by atoms with van der Waals surface area (Å²) in [5, 5.41) is 0. The third-order valence-electron chi connectivity index (χ3n) is 4.29. The number of rotatable bonds is 13. The highest BCUT2D eigenvalue weighted by Gasteiger charge is 2.19. The van der Waals surface area contributed by atoms with Crippen molar-refractivity contribution in [1.29, 1.82) is 0 Å². The Labute approximate surface area is 128 Å². The van der Waals surface area contributed by atoms with E-state index in [1.54, 1.807) is 0 Å². The van der Waals surface area contributed by atoms with Crippen molar-refractivity contribution in [3.8, 4) is 0 Å². The van der Waals surface area contributed by atoms with Crippen LogP contribution in [0.25, 0.3) is 0 Å². The van der Waals surface area contributed by atoms with E-state index < -0.39 is 0 Å². The van der Waals surface area contributed by atoms with E-state index in [-0.39, 0.29) is 0 Å². The van der Waals surface area contributed by atoms with Gasteiger partial charge in [-0.05, 0) is 58.0 Å². The van der Waals surface area contributed by atoms with Gasteiger partial charge in [0.1, 0.15) is 0 Å². The summed E-state index contributed by atoms with van der Waals surface area (Å²) in [6.45, 7) is 8.23. The molecule has 0 N–H and O–H groups in total. The second kappa shape index (κ2) is 13.7. The molecular formula is C19H39N. The van der Waals surface area contributed by atoms with Crippen LogP contribution in [0.4, 0.5) is 0 Å². The minimum atomic E-state index is 0.893. The molecule has 0 aliphatic rings. The van der Waals surface area contributed by atoms with Crippen LogP contribution in [0.2, 0.25) is 0 Å². The average molecular weight is 282 g/mol. The van der Waals surface area contributed by atoms with Gasteiger partial charge in [0.25, 0.3) is 0 Å². The quantitative estimate of drug-likeness (QED) is 0.300. The highest BCUT2D eigenvalue weighted by molar-refractivity contribution is 4.82. The minimum absolute atomic E-state index is 0.893. The van der Waals surface area contributed by atoms with Crippen LogP contribution in [0.15, 0.2) is 12.2 Å². The van der Waals surface area contributed by atoms with Gasteiger partial charge in [0.2, 0.25) is 0 Å². The van der Waals surface area contributed by atoms with Crippen molar-refractivity contribution in [2.45, 2.75) is 78.6 Å². The molecular weight excluding hydrogens is 242 g/mol. The first-order valence-corrected chi connectivity index (χ1v) is 8.95. The topological polar surface area (TPSA) is 3.24 Å². The van der Waals surface area contributed by atoms with Gasteiger partial charge in [-0.15, -0.1) is 0 Å². The molecule has 120 valence electrons. The lowest BCUT2D eigenvalue weighted by Crippen LogP contribution is -2.27. The molecule has 0 spiro atoms. The highest BCUT2D eigenvalue weighted by Crippen LogP contribution is 2.26. The molecule has 2 unspecified atom stereocenters. The van der Waals surface area contributed by atoms with Crippen LogP contribution in [0.5, 0.6) is 0 Å². The SMILES string of the molecule is CCCC/C=C/CCCC(CC)C(CCC)CN(C)C. The molecule has 0 aromatic carbocycles. The fraction of sp³-hybridized carbons (Fsp3) is 0.895. The van der Waals surface area contributed by atoms with Crippen molar-refractivity contribution in [3.63, 3.8) is 0 Å². The standard InChI is InChI=1S/C19H39N/c1-6-9-10-11-12-13-14-16-18(8-3)19(15-7-2)17-20(4)5/h11-12,18-19H,6-10,13-17H2,1-5H3/b12-11+. The first-order valence-electron chi connectivity index (χ1n) is 8.95. The molecule has 0 heterocycles. The zero-order valence-electron chi connectivity index (χ0n) is 14.8. The summed E-state index contributed by atoms with van der Waals surface area (Å²) >= 11 is 0. The van der Waals surface area contributed by atoms with Crippen molar-refractivity contribution >= 4 is 0 Å². The molecule has 1 nitrogen and oxygen atoms in total. The zero-order valence-corrected chi connectivity index (χ0v) is 14.8. The number of unbranched alkanes of at least 4 members (excludes halogenated alkanes) is 3. The lowest BCUT2D eigenvalue weighted by Gasteiger charge is -2.28. The molecule has 1 heteroatoms. The molecule has 0 radical (unpaired) electrons. The Balaban J connectivity index is 4.00. The van der Waals surface area contributed by atoms with Gasteiger partial charge >= 0.3 is 0 Å². The molecule has 2 atom stereocenters. The van der Waals surface area contributed by atoms with Gasteiger partial charge in [-0.3, -0.25) is 0 Å². The van der Waals surface area contributed by atoms with E-state index in [4.69, 9.17) is 0 Å². The second-order valence-corrected chi connectivity index (χ2v) is 6.52. The Kier molecular flexibility index (Phi) is 13.5. The van der Waals surface area contributed by atoms with Gasteiger partial charge in [-0.2, -0.15) is 0 Å². The van der Waals surface area contributed by atoms with Crippen LogP contribution >= 0.6 is 0 Å². The van der Waals surface area contributed by atoms with E-state index in [1.165, 1.54) is 64.3 Å². The van der Waals surface area contributed by atoms with Crippen molar-refractivity contribution in [2.75, 3.05) is 20.6 Å². The zero-order chi connectivity index (χ0) is 15.2. The van der Waals surface area contributed by atoms with Gasteiger partial charge in [0, 0.05) is 6.54 Å². The molecule has 0 aliphatic heterocycles. The lowest BCUT2D eigenvalue weighted by molar-refractivity contribution is 0.214. The molecule has 0 saturated heterocycles. The Morgan fingerprint density at radius 1 is 0.800 bits per heavy atom. The summed E-state index contributed by atoms with van der Waals surface area (Å²) < 4.78 is 0. The summed E-state index contributed by atoms with van der Waals surface area (Å²) in [7, 11) is 4.43. The van der Waals surface area contributed by atoms with Crippen molar-refractivity contribution in [2.24, 2.45) is 11.8 Å². The minimum Gasteiger partial charge on any atom is -0.309 e. The Morgan fingerprint density at radius 3 is 1.95 bits per heavy atom. The van der Waals surface area contributed by atoms with E-state index in [2.05, 4.69) is 51.9 Å². The van der Waals surface area contributed by atoms with Gasteiger partial charge in [-0.25, -0.2) is 0 Å². The normalized spacial score (nSPS) is 15.1. The summed E-state index contributed by atoms with van der Waals surface area (Å²) in [4.78, 5) is 2.37. The largest absolute Gasteiger partial charge is 0.309 e. The van der Waals surface area contributed by atoms with E-state index in [0.717, 1.165) is 11.8 Å². The first-order chi connectivity index (χ1) is 9.65. The summed E-state index contributed by atoms with van der Waals surface area (Å²) in [5.41, 5.74) is 0. The number of hydrogen-bond acceptors (Lipinski definition) is 1. The van der Waals surface area contributed by atoms with Crippen LogP contribution in [0, 0.1) is 11.8 Å². The van der Waals surface area contributed by atoms with Crippen molar-refractivity contribution in [1.82, 2.24) is 4.90 Å². The van der Waals surface area contributed by atoms with Gasteiger partial charge in [0.15, 0.2) is 0 Å². The average Bonchev–Trinajstić information content (AvgIpc) is 2.41. The summed E-state index contributed by atoms with van der Waals surface area (Å²) in [5.74, 6) is 1.81. The van der Waals surface area contributed by atoms with E-state index in [1.807, 2.05) is 0 Å². The predicted molar refractivity (Wildman–Crippen MR) is 93.2 cm³/mol. The smallest absolute Gasteiger partial charge is 0.000620 e. The molecule has 0 aromatic rings. The van der Waals surface area contributed by atoms with Crippen LogP contribution in [-0.2, 0) is 0 Å². The fourth-order valence-electron chi connectivity index (χ4n) is 3.14. The van der Waals surface area contributed by atoms with E-state index in [9.17, 15) is 0 Å². The molecule has 20 heavy (non-hydrogen) atoms. The van der Waals surface area contributed by atoms with E-state index in [0.29, 0.717) is 0 Å². The Morgan fingerprint density at radius 2 is 1.45 bits per heavy atom. The molecule has 0 aliphatic carbocycles. The lowest BCUT2D eigenvalue weighted by atomic mass is 9.82. The maximum absolute atomic E-state index is 2.41. The molecule has 0 bridgehead atoms. The summed E-state index contributed by atoms with van der Waals surface area (Å²) in [6.07, 6.45) is 16.8. The van der Waals surface area contributed by atoms with Crippen LogP contribution in [-0.4, -0.2) is 25.5 Å². The van der Waals surface area contributed by atoms with Crippen molar-refractivity contribution in [3.05, 3.63) is 12.2 Å². The van der Waals surface area contributed by atoms with Crippen LogP contribution in [0.3, 0.4) is 0 Å². The third-order valence-corrected chi connectivity index (χ3v) is 4.29. The predicted octanol–water partition coefficient (Wildman–Crippen LogP) is 5.91. The number of hydrogen-bond donors (Lipinski definition) is 0. The van der Waals surface area contributed by atoms with Gasteiger partial charge in [0.05, 0.1) is 0 Å². The maximum atomic E-state index is 2.41. The van der Waals surface area contributed by atoms with Crippen molar-refractivity contribution < 1.29 is 0 Å². The first kappa shape index (κ1) is 19.7. The highest BCUT2D eigenvalue weighted by atomic mass is 15.1. The molecule has 0 fully saturated rings. The molecule has 0 rings (SSSR count). The Bertz CT molecular complexity index is 220. The Hall–Kier alpha value is -0.300. The molecule has 0 aromatic heterocycles. The summed E-state index contributed by atoms with van der Waals surface area (Å²) in [6, 6.07) is 0. The number of nitrogens with zero attached hydrogens (tertiary/aromatic N) is 1. The molecule has 0 amide bonds. The van der Waals surface area contributed by atoms with Gasteiger partial charge in [-0.1, -0.05) is 58.6 Å². The monoisotopic (exact) mass is 281 g/mol. The second-order valence-electron chi connectivity index (χ2n) is 6.52. The maximum Gasteiger partial charge on any atom is 0.000620 e. The fourth-order valence-corrected chi connectivity index (χ4v) is 3.14. The molecule has 0 saturated carbocycles.